The molecule has 1 unspecified atom stereocenters. The largest absolute Gasteiger partial charge is 0.369 e. The minimum atomic E-state index is 0.718. The molecule has 1 atom stereocenters. The molecule has 18 heavy (non-hydrogen) atoms. The third kappa shape index (κ3) is 2.68. The summed E-state index contributed by atoms with van der Waals surface area (Å²) in [5.41, 5.74) is 2.88. The van der Waals surface area contributed by atoms with E-state index in [4.69, 9.17) is 0 Å². The molecule has 0 aliphatic carbocycles. The maximum absolute atomic E-state index is 3.49. The van der Waals surface area contributed by atoms with Crippen LogP contribution in [0.25, 0.3) is 0 Å². The minimum absolute atomic E-state index is 0.718. The zero-order chi connectivity index (χ0) is 12.2. The van der Waals surface area contributed by atoms with Crippen LogP contribution in [-0.2, 0) is 0 Å². The van der Waals surface area contributed by atoms with E-state index in [-0.39, 0.29) is 0 Å². The summed E-state index contributed by atoms with van der Waals surface area (Å²) in [5, 5.41) is 6.89. The Kier molecular flexibility index (Phi) is 3.81. The van der Waals surface area contributed by atoms with Gasteiger partial charge in [-0.25, -0.2) is 0 Å². The summed E-state index contributed by atoms with van der Waals surface area (Å²) in [7, 11) is 0. The van der Waals surface area contributed by atoms with Crippen molar-refractivity contribution in [1.82, 2.24) is 10.6 Å². The van der Waals surface area contributed by atoms with Gasteiger partial charge in [-0.2, -0.15) is 0 Å². The van der Waals surface area contributed by atoms with E-state index in [2.05, 4.69) is 39.8 Å². The van der Waals surface area contributed by atoms with Gasteiger partial charge in [0.15, 0.2) is 0 Å². The molecule has 2 heterocycles. The molecular formula is C15H23N3. The van der Waals surface area contributed by atoms with Crippen molar-refractivity contribution in [3.8, 4) is 0 Å². The first-order chi connectivity index (χ1) is 8.93. The van der Waals surface area contributed by atoms with E-state index in [1.165, 1.54) is 30.6 Å². The Morgan fingerprint density at radius 2 is 1.72 bits per heavy atom. The quantitative estimate of drug-likeness (QED) is 0.828. The van der Waals surface area contributed by atoms with Gasteiger partial charge in [0.1, 0.15) is 0 Å². The second-order valence-corrected chi connectivity index (χ2v) is 5.37. The summed E-state index contributed by atoms with van der Waals surface area (Å²) in [6, 6.07) is 9.26. The first kappa shape index (κ1) is 12.0. The van der Waals surface area contributed by atoms with Gasteiger partial charge in [-0.05, 0) is 43.0 Å². The van der Waals surface area contributed by atoms with Crippen LogP contribution < -0.4 is 15.5 Å². The highest BCUT2D eigenvalue weighted by molar-refractivity contribution is 5.48. The van der Waals surface area contributed by atoms with E-state index in [0.717, 1.165) is 38.6 Å². The Morgan fingerprint density at radius 3 is 2.39 bits per heavy atom. The molecule has 0 aromatic heterocycles. The number of anilines is 1. The highest BCUT2D eigenvalue weighted by Gasteiger charge is 2.16. The molecule has 0 bridgehead atoms. The summed E-state index contributed by atoms with van der Waals surface area (Å²) >= 11 is 0. The smallest absolute Gasteiger partial charge is 0.0367 e. The first-order valence-corrected chi connectivity index (χ1v) is 7.20. The lowest BCUT2D eigenvalue weighted by atomic mass is 9.91. The molecule has 98 valence electrons. The standard InChI is InChI=1S/C15H23N3/c1-2-14(12-17-7-1)13-3-5-15(6-4-13)18-10-8-16-9-11-18/h3-6,14,16-17H,1-2,7-12H2. The number of nitrogens with one attached hydrogen (secondary N) is 2. The zero-order valence-electron chi connectivity index (χ0n) is 11.0. The maximum Gasteiger partial charge on any atom is 0.0367 e. The molecule has 3 nitrogen and oxygen atoms in total. The lowest BCUT2D eigenvalue weighted by Gasteiger charge is -2.30. The molecule has 0 amide bonds. The van der Waals surface area contributed by atoms with Gasteiger partial charge in [-0.15, -0.1) is 0 Å². The first-order valence-electron chi connectivity index (χ1n) is 7.20. The Labute approximate surface area is 110 Å². The Balaban J connectivity index is 1.67. The highest BCUT2D eigenvalue weighted by atomic mass is 15.2. The minimum Gasteiger partial charge on any atom is -0.369 e. The van der Waals surface area contributed by atoms with Crippen LogP contribution >= 0.6 is 0 Å². The molecule has 0 spiro atoms. The van der Waals surface area contributed by atoms with Gasteiger partial charge in [0.25, 0.3) is 0 Å². The number of nitrogens with zero attached hydrogens (tertiary/aromatic N) is 1. The zero-order valence-corrected chi connectivity index (χ0v) is 11.0. The fourth-order valence-corrected chi connectivity index (χ4v) is 3.02. The fraction of sp³-hybridized carbons (Fsp3) is 0.600. The van der Waals surface area contributed by atoms with Crippen molar-refractivity contribution in [3.63, 3.8) is 0 Å². The third-order valence-electron chi connectivity index (χ3n) is 4.14. The van der Waals surface area contributed by atoms with Crippen LogP contribution in [0, 0.1) is 0 Å². The molecule has 3 heteroatoms. The van der Waals surface area contributed by atoms with Crippen molar-refractivity contribution in [1.29, 1.82) is 0 Å². The van der Waals surface area contributed by atoms with Crippen LogP contribution in [0.3, 0.4) is 0 Å². The van der Waals surface area contributed by atoms with E-state index < -0.39 is 0 Å². The number of hydrogen-bond donors (Lipinski definition) is 2. The van der Waals surface area contributed by atoms with Crippen LogP contribution in [0.2, 0.25) is 0 Å². The predicted octanol–water partition coefficient (Wildman–Crippen LogP) is 1.56. The molecule has 3 rings (SSSR count). The Morgan fingerprint density at radius 1 is 0.944 bits per heavy atom. The molecule has 2 aliphatic rings. The lowest BCUT2D eigenvalue weighted by molar-refractivity contribution is 0.461. The van der Waals surface area contributed by atoms with E-state index in [0.29, 0.717) is 0 Å². The average molecular weight is 245 g/mol. The topological polar surface area (TPSA) is 27.3 Å². The average Bonchev–Trinajstić information content (AvgIpc) is 2.49. The lowest BCUT2D eigenvalue weighted by Crippen LogP contribution is -2.43. The summed E-state index contributed by atoms with van der Waals surface area (Å²) in [4.78, 5) is 2.47. The predicted molar refractivity (Wildman–Crippen MR) is 76.4 cm³/mol. The van der Waals surface area contributed by atoms with Crippen LogP contribution in [0.4, 0.5) is 5.69 Å². The van der Waals surface area contributed by atoms with E-state index in [1.807, 2.05) is 0 Å². The summed E-state index contributed by atoms with van der Waals surface area (Å²) in [6.45, 7) is 6.81. The van der Waals surface area contributed by atoms with E-state index >= 15 is 0 Å². The fourth-order valence-electron chi connectivity index (χ4n) is 3.02. The second kappa shape index (κ2) is 5.72. The normalized spacial score (nSPS) is 25.1. The molecule has 2 fully saturated rings. The number of hydrogen-bond acceptors (Lipinski definition) is 3. The van der Waals surface area contributed by atoms with E-state index in [1.54, 1.807) is 0 Å². The maximum atomic E-state index is 3.49. The molecule has 1 aromatic rings. The van der Waals surface area contributed by atoms with Crippen molar-refractivity contribution in [2.45, 2.75) is 18.8 Å². The van der Waals surface area contributed by atoms with Gasteiger partial charge < -0.3 is 15.5 Å². The van der Waals surface area contributed by atoms with Crippen LogP contribution in [-0.4, -0.2) is 39.3 Å². The number of benzene rings is 1. The van der Waals surface area contributed by atoms with Gasteiger partial charge in [-0.1, -0.05) is 12.1 Å². The number of piperidine rings is 1. The van der Waals surface area contributed by atoms with Crippen molar-refractivity contribution in [2.75, 3.05) is 44.2 Å². The van der Waals surface area contributed by atoms with Crippen molar-refractivity contribution >= 4 is 5.69 Å². The molecular weight excluding hydrogens is 222 g/mol. The summed E-state index contributed by atoms with van der Waals surface area (Å²) in [6.07, 6.45) is 2.64. The molecule has 2 N–H and O–H groups in total. The van der Waals surface area contributed by atoms with Gasteiger partial charge >= 0.3 is 0 Å². The van der Waals surface area contributed by atoms with Gasteiger partial charge in [0, 0.05) is 38.4 Å². The van der Waals surface area contributed by atoms with Crippen LogP contribution in [0.1, 0.15) is 24.3 Å². The van der Waals surface area contributed by atoms with Gasteiger partial charge in [-0.3, -0.25) is 0 Å². The van der Waals surface area contributed by atoms with Crippen LogP contribution in [0.15, 0.2) is 24.3 Å². The molecule has 2 saturated heterocycles. The van der Waals surface area contributed by atoms with Crippen molar-refractivity contribution < 1.29 is 0 Å². The summed E-state index contributed by atoms with van der Waals surface area (Å²) < 4.78 is 0. The second-order valence-electron chi connectivity index (χ2n) is 5.37. The Bertz CT molecular complexity index is 325. The van der Waals surface area contributed by atoms with Crippen molar-refractivity contribution in [3.05, 3.63) is 29.8 Å². The van der Waals surface area contributed by atoms with Crippen LogP contribution in [0.5, 0.6) is 0 Å². The van der Waals surface area contributed by atoms with Gasteiger partial charge in [0.2, 0.25) is 0 Å². The molecule has 0 saturated carbocycles. The summed E-state index contributed by atoms with van der Waals surface area (Å²) in [5.74, 6) is 0.718. The molecule has 0 radical (unpaired) electrons. The van der Waals surface area contributed by atoms with Crippen molar-refractivity contribution in [2.24, 2.45) is 0 Å². The SMILES string of the molecule is c1cc(N2CCNCC2)ccc1C1CCCNC1. The number of rotatable bonds is 2. The Hall–Kier alpha value is -1.06. The highest BCUT2D eigenvalue weighted by Crippen LogP contribution is 2.25. The third-order valence-corrected chi connectivity index (χ3v) is 4.14. The monoisotopic (exact) mass is 245 g/mol. The molecule has 1 aromatic carbocycles. The van der Waals surface area contributed by atoms with Gasteiger partial charge in [0.05, 0.1) is 0 Å². The number of piperazine rings is 1. The molecule has 2 aliphatic heterocycles. The van der Waals surface area contributed by atoms with E-state index in [9.17, 15) is 0 Å².